The molecule has 0 heterocycles. The molecule has 1 radical (unpaired) electrons. The fourth-order valence-electron chi connectivity index (χ4n) is 0. The predicted molar refractivity (Wildman–Crippen MR) is 30.5 cm³/mol. The molecule has 6 heavy (non-hydrogen) atoms. The van der Waals surface area contributed by atoms with Crippen molar-refractivity contribution < 1.29 is 25.7 Å². The van der Waals surface area contributed by atoms with E-state index in [1.807, 2.05) is 0 Å². The van der Waals surface area contributed by atoms with Crippen LogP contribution in [0.1, 0.15) is 0 Å². The van der Waals surface area contributed by atoms with Crippen LogP contribution in [0.4, 0.5) is 0 Å². The molecular weight excluding hydrogens is 457 g/mol. The van der Waals surface area contributed by atoms with E-state index in [1.165, 1.54) is 0 Å². The molecular formula is HCl3LaLiTl. The molecule has 0 fully saturated rings. The standard InChI is InChI=1S/3ClH.La.Li.Tl.H/h3*1H;;;;/q;;;+3;;;/p-3. The van der Waals surface area contributed by atoms with Crippen molar-refractivity contribution in [3.05, 3.63) is 0 Å². The second-order valence-corrected chi connectivity index (χ2v) is 16.2. The van der Waals surface area contributed by atoms with Crippen LogP contribution in [-0.4, -0.2) is 46.2 Å². The summed E-state index contributed by atoms with van der Waals surface area (Å²) >= 11 is -2.31. The first-order valence-corrected chi connectivity index (χ1v) is 14.3. The van der Waals surface area contributed by atoms with Crippen molar-refractivity contribution in [3.63, 3.8) is 0 Å². The van der Waals surface area contributed by atoms with Crippen LogP contribution >= 0.6 is 20.4 Å². The third-order valence-electron chi connectivity index (χ3n) is 0. The van der Waals surface area contributed by atoms with Crippen LogP contribution in [0.15, 0.2) is 0 Å². The van der Waals surface area contributed by atoms with Gasteiger partial charge in [-0.1, -0.05) is 0 Å². The number of halogens is 3. The molecule has 0 aliphatic heterocycles. The molecule has 0 unspecified atom stereocenters. The minimum Gasteiger partial charge on any atom is 0 e. The number of hydrogen-bond acceptors (Lipinski definition) is 0. The SMILES string of the molecule is [Cl][La]([Cl])[Cl].[LiH].[Tl]. The maximum atomic E-state index is 5.03. The summed E-state index contributed by atoms with van der Waals surface area (Å²) in [6.07, 6.45) is 0. The van der Waals surface area contributed by atoms with E-state index in [0.29, 0.717) is 0 Å². The maximum Gasteiger partial charge on any atom is 0 e. The molecule has 0 atom stereocenters. The molecule has 0 saturated carbocycles. The van der Waals surface area contributed by atoms with Gasteiger partial charge in [-0.25, -0.2) is 0 Å². The second kappa shape index (κ2) is 11.4. The monoisotopic (exact) mass is 457 g/mol. The van der Waals surface area contributed by atoms with Gasteiger partial charge in [-0.05, 0) is 0 Å². The molecule has 0 amide bonds. The molecule has 0 rings (SSSR count). The first-order valence-electron chi connectivity index (χ1n) is 0.655. The van der Waals surface area contributed by atoms with Gasteiger partial charge in [0.05, 0.1) is 0 Å². The van der Waals surface area contributed by atoms with Crippen molar-refractivity contribution in [2.24, 2.45) is 0 Å². The first-order chi connectivity index (χ1) is 1.73. The molecule has 0 aromatic heterocycles. The first kappa shape index (κ1) is 16.3. The average Bonchev–Trinajstić information content (AvgIpc) is 0.811. The minimum atomic E-state index is -2.31. The Morgan fingerprint density at radius 1 is 1.00 bits per heavy atom. The Labute approximate surface area is 89.7 Å². The Morgan fingerprint density at radius 3 is 1.00 bits per heavy atom. The Balaban J connectivity index is -0.0000000450. The largest absolute Gasteiger partial charge is 0 e. The predicted octanol–water partition coefficient (Wildman–Crippen LogP) is 1.04. The van der Waals surface area contributed by atoms with E-state index in [-0.39, 0.29) is 46.2 Å². The molecule has 6 heteroatoms. The van der Waals surface area contributed by atoms with Gasteiger partial charge in [0.15, 0.2) is 0 Å². The average molecular weight is 458 g/mol. The zero-order valence-electron chi connectivity index (χ0n) is 2.29. The Hall–Kier alpha value is 3.58. The second-order valence-electron chi connectivity index (χ2n) is 0.247. The van der Waals surface area contributed by atoms with E-state index in [1.54, 1.807) is 0 Å². The summed E-state index contributed by atoms with van der Waals surface area (Å²) in [4.78, 5) is 0. The zero-order chi connectivity index (χ0) is 3.58. The van der Waals surface area contributed by atoms with Gasteiger partial charge in [0.2, 0.25) is 0 Å². The van der Waals surface area contributed by atoms with Crippen LogP contribution in [-0.2, 0) is 0 Å². The van der Waals surface area contributed by atoms with Crippen molar-refractivity contribution in [1.82, 2.24) is 0 Å². The normalized spacial score (nSPS) is 4.50. The maximum absolute atomic E-state index is 5.03. The molecule has 0 aliphatic carbocycles. The van der Waals surface area contributed by atoms with Gasteiger partial charge >= 0.3 is 64.9 Å². The quantitative estimate of drug-likeness (QED) is 0.477. The third kappa shape index (κ3) is 25.6. The van der Waals surface area contributed by atoms with Crippen molar-refractivity contribution in [2.45, 2.75) is 0 Å². The summed E-state index contributed by atoms with van der Waals surface area (Å²) in [6, 6.07) is 0. The van der Waals surface area contributed by atoms with Crippen LogP contribution in [0, 0.1) is 25.7 Å². The van der Waals surface area contributed by atoms with Gasteiger partial charge in [-0.15, -0.1) is 0 Å². The Kier molecular flexibility index (Phi) is 30.9. The van der Waals surface area contributed by atoms with E-state index in [0.717, 1.165) is 0 Å². The molecule has 0 bridgehead atoms. The van der Waals surface area contributed by atoms with Crippen molar-refractivity contribution in [2.75, 3.05) is 0 Å². The molecule has 0 aromatic rings. The Bertz CT molecular complexity index is 15.5. The summed E-state index contributed by atoms with van der Waals surface area (Å²) in [5.41, 5.74) is 0. The van der Waals surface area contributed by atoms with E-state index < -0.39 is 25.7 Å². The van der Waals surface area contributed by atoms with E-state index in [4.69, 9.17) is 20.4 Å². The topological polar surface area (TPSA) is 0 Å². The van der Waals surface area contributed by atoms with Crippen LogP contribution < -0.4 is 0 Å². The van der Waals surface area contributed by atoms with Gasteiger partial charge in [0.1, 0.15) is 0 Å². The zero-order valence-corrected chi connectivity index (χ0v) is 12.7. The summed E-state index contributed by atoms with van der Waals surface area (Å²) in [5, 5.41) is 0. The smallest absolute Gasteiger partial charge is 0 e. The number of rotatable bonds is 0. The molecule has 0 spiro atoms. The van der Waals surface area contributed by atoms with Crippen LogP contribution in [0.2, 0.25) is 0 Å². The molecule has 0 aliphatic rings. The Morgan fingerprint density at radius 2 is 1.00 bits per heavy atom. The van der Waals surface area contributed by atoms with Crippen molar-refractivity contribution >= 4 is 66.5 Å². The van der Waals surface area contributed by atoms with Gasteiger partial charge in [-0.2, -0.15) is 0 Å². The summed E-state index contributed by atoms with van der Waals surface area (Å²) in [5.74, 6) is 0. The molecule has 0 aromatic carbocycles. The molecule has 0 N–H and O–H groups in total. The van der Waals surface area contributed by atoms with Crippen LogP contribution in [0.3, 0.4) is 0 Å². The van der Waals surface area contributed by atoms with Crippen molar-refractivity contribution in [3.8, 4) is 0 Å². The van der Waals surface area contributed by atoms with Crippen molar-refractivity contribution in [1.29, 1.82) is 0 Å². The van der Waals surface area contributed by atoms with Crippen LogP contribution in [0.5, 0.6) is 0 Å². The van der Waals surface area contributed by atoms with E-state index in [9.17, 15) is 0 Å². The summed E-state index contributed by atoms with van der Waals surface area (Å²) < 4.78 is 0. The summed E-state index contributed by atoms with van der Waals surface area (Å²) in [7, 11) is 0. The van der Waals surface area contributed by atoms with Gasteiger partial charge in [0, 0.05) is 27.3 Å². The minimum absolute atomic E-state index is 0. The van der Waals surface area contributed by atoms with Gasteiger partial charge < -0.3 is 0 Å². The fourth-order valence-corrected chi connectivity index (χ4v) is 0. The van der Waals surface area contributed by atoms with Crippen LogP contribution in [0.25, 0.3) is 0 Å². The van der Waals surface area contributed by atoms with E-state index in [2.05, 4.69) is 0 Å². The number of hydrogen-bond donors (Lipinski definition) is 0. The van der Waals surface area contributed by atoms with E-state index >= 15 is 0 Å². The van der Waals surface area contributed by atoms with Gasteiger partial charge in [0.25, 0.3) is 0 Å². The fraction of sp³-hybridized carbons (Fsp3) is 0. The molecule has 29 valence electrons. The summed E-state index contributed by atoms with van der Waals surface area (Å²) in [6.45, 7) is 15.1. The van der Waals surface area contributed by atoms with Gasteiger partial charge in [-0.3, -0.25) is 0 Å². The molecule has 0 nitrogen and oxygen atoms in total. The third-order valence-corrected chi connectivity index (χ3v) is 0. The molecule has 0 saturated heterocycles.